The molecule has 0 aliphatic rings. The van der Waals surface area contributed by atoms with Gasteiger partial charge in [-0.15, -0.1) is 0 Å². The number of carbonyl (C=O) groups is 2. The van der Waals surface area contributed by atoms with Crippen LogP contribution in [0.25, 0.3) is 0 Å². The van der Waals surface area contributed by atoms with Gasteiger partial charge >= 0.3 is 11.8 Å². The number of anilines is 1. The van der Waals surface area contributed by atoms with Crippen molar-refractivity contribution in [3.05, 3.63) is 86.9 Å². The maximum atomic E-state index is 12.0. The molecule has 0 spiro atoms. The lowest BCUT2D eigenvalue weighted by Gasteiger charge is -2.12. The van der Waals surface area contributed by atoms with Gasteiger partial charge in [0, 0.05) is 26.3 Å². The molecule has 0 saturated carbocycles. The van der Waals surface area contributed by atoms with Crippen LogP contribution in [0.2, 0.25) is 15.1 Å². The minimum absolute atomic E-state index is 0.270. The number of hydrogen-bond donors (Lipinski definition) is 2. The molecule has 3 aromatic rings. The largest absolute Gasteiger partial charge is 0.493 e. The first kappa shape index (κ1) is 24.4. The van der Waals surface area contributed by atoms with Crippen molar-refractivity contribution < 1.29 is 19.1 Å². The number of carbonyl (C=O) groups excluding carboxylic acids is 2. The van der Waals surface area contributed by atoms with Gasteiger partial charge in [-0.1, -0.05) is 53.0 Å². The molecular formula is C23H18Cl3N3O4. The van der Waals surface area contributed by atoms with Gasteiger partial charge in [-0.25, -0.2) is 5.43 Å². The predicted octanol–water partition coefficient (Wildman–Crippen LogP) is 5.32. The fraction of sp³-hybridized carbons (Fsp3) is 0.0870. The normalized spacial score (nSPS) is 10.7. The molecule has 10 heteroatoms. The molecule has 170 valence electrons. The van der Waals surface area contributed by atoms with E-state index in [9.17, 15) is 9.59 Å². The van der Waals surface area contributed by atoms with Crippen molar-refractivity contribution in [1.82, 2.24) is 5.43 Å². The van der Waals surface area contributed by atoms with Gasteiger partial charge in [0.15, 0.2) is 11.5 Å². The number of ether oxygens (including phenoxy) is 2. The molecule has 0 saturated heterocycles. The highest BCUT2D eigenvalue weighted by Crippen LogP contribution is 2.29. The number of nitrogens with zero attached hydrogens (tertiary/aromatic N) is 1. The lowest BCUT2D eigenvalue weighted by Crippen LogP contribution is -2.32. The lowest BCUT2D eigenvalue weighted by atomic mass is 10.2. The third-order valence-electron chi connectivity index (χ3n) is 4.24. The van der Waals surface area contributed by atoms with Crippen molar-refractivity contribution in [3.8, 4) is 11.5 Å². The third-order valence-corrected chi connectivity index (χ3v) is 5.04. The minimum atomic E-state index is -0.964. The van der Waals surface area contributed by atoms with E-state index in [-0.39, 0.29) is 12.3 Å². The van der Waals surface area contributed by atoms with E-state index in [1.807, 2.05) is 18.2 Å². The number of rotatable bonds is 7. The number of benzene rings is 3. The Labute approximate surface area is 205 Å². The molecule has 33 heavy (non-hydrogen) atoms. The number of amides is 2. The summed E-state index contributed by atoms with van der Waals surface area (Å²) >= 11 is 17.9. The molecule has 0 aliphatic heterocycles. The molecule has 0 radical (unpaired) electrons. The first-order valence-corrected chi connectivity index (χ1v) is 10.6. The monoisotopic (exact) mass is 505 g/mol. The molecule has 0 fully saturated rings. The van der Waals surface area contributed by atoms with Crippen LogP contribution in [-0.4, -0.2) is 25.1 Å². The molecule has 0 bridgehead atoms. The van der Waals surface area contributed by atoms with Crippen LogP contribution < -0.4 is 20.2 Å². The van der Waals surface area contributed by atoms with Crippen molar-refractivity contribution in [2.24, 2.45) is 5.10 Å². The van der Waals surface area contributed by atoms with E-state index >= 15 is 0 Å². The van der Waals surface area contributed by atoms with Crippen molar-refractivity contribution in [1.29, 1.82) is 0 Å². The summed E-state index contributed by atoms with van der Waals surface area (Å²) in [5, 5.41) is 7.44. The maximum Gasteiger partial charge on any atom is 0.329 e. The van der Waals surface area contributed by atoms with E-state index in [1.165, 1.54) is 31.5 Å². The summed E-state index contributed by atoms with van der Waals surface area (Å²) < 4.78 is 11.2. The Kier molecular flexibility index (Phi) is 8.54. The van der Waals surface area contributed by atoms with Gasteiger partial charge in [-0.3, -0.25) is 9.59 Å². The zero-order valence-corrected chi connectivity index (χ0v) is 19.5. The SMILES string of the molecule is COc1cc(/C=N/NC(=O)C(=O)Nc2cc(Cl)cc(Cl)c2)ccc1OCc1ccccc1Cl. The smallest absolute Gasteiger partial charge is 0.329 e. The molecule has 3 aromatic carbocycles. The van der Waals surface area contributed by atoms with Gasteiger partial charge in [-0.05, 0) is 48.0 Å². The van der Waals surface area contributed by atoms with Crippen LogP contribution in [0.3, 0.4) is 0 Å². The summed E-state index contributed by atoms with van der Waals surface area (Å²) in [7, 11) is 1.51. The Balaban J connectivity index is 1.58. The van der Waals surface area contributed by atoms with E-state index < -0.39 is 11.8 Å². The van der Waals surface area contributed by atoms with Crippen molar-refractivity contribution in [2.75, 3.05) is 12.4 Å². The second kappa shape index (κ2) is 11.6. The topological polar surface area (TPSA) is 89.0 Å². The summed E-state index contributed by atoms with van der Waals surface area (Å²) in [6.07, 6.45) is 1.36. The Morgan fingerprint density at radius 3 is 2.36 bits per heavy atom. The van der Waals surface area contributed by atoms with Crippen LogP contribution in [0, 0.1) is 0 Å². The third kappa shape index (κ3) is 7.12. The molecular weight excluding hydrogens is 489 g/mol. The van der Waals surface area contributed by atoms with E-state index in [4.69, 9.17) is 44.3 Å². The van der Waals surface area contributed by atoms with Gasteiger partial charge in [0.1, 0.15) is 6.61 Å². The fourth-order valence-corrected chi connectivity index (χ4v) is 3.40. The molecule has 2 amide bonds. The van der Waals surface area contributed by atoms with Gasteiger partial charge in [0.25, 0.3) is 0 Å². The molecule has 3 rings (SSSR count). The van der Waals surface area contributed by atoms with Gasteiger partial charge in [0.05, 0.1) is 13.3 Å². The highest BCUT2D eigenvalue weighted by atomic mass is 35.5. The zero-order chi connectivity index (χ0) is 23.8. The van der Waals surface area contributed by atoms with Crippen LogP contribution in [0.4, 0.5) is 5.69 Å². The van der Waals surface area contributed by atoms with Gasteiger partial charge < -0.3 is 14.8 Å². The first-order valence-electron chi connectivity index (χ1n) is 9.50. The molecule has 0 atom stereocenters. The summed E-state index contributed by atoms with van der Waals surface area (Å²) in [6, 6.07) is 16.9. The standard InChI is InChI=1S/C23H18Cl3N3O4/c1-32-21-8-14(6-7-20(21)33-13-15-4-2-3-5-19(15)26)12-27-29-23(31)22(30)28-18-10-16(24)9-17(25)11-18/h2-12H,13H2,1H3,(H,28,30)(H,29,31)/b27-12+. The fourth-order valence-electron chi connectivity index (χ4n) is 2.68. The minimum Gasteiger partial charge on any atom is -0.493 e. The van der Waals surface area contributed by atoms with E-state index in [0.29, 0.717) is 32.1 Å². The van der Waals surface area contributed by atoms with Gasteiger partial charge in [0.2, 0.25) is 0 Å². The molecule has 2 N–H and O–H groups in total. The van der Waals surface area contributed by atoms with E-state index in [0.717, 1.165) is 5.56 Å². The second-order valence-electron chi connectivity index (χ2n) is 6.60. The Morgan fingerprint density at radius 2 is 1.67 bits per heavy atom. The van der Waals surface area contributed by atoms with Crippen LogP contribution in [0.5, 0.6) is 11.5 Å². The maximum absolute atomic E-state index is 12.0. The average molecular weight is 507 g/mol. The zero-order valence-electron chi connectivity index (χ0n) is 17.3. The number of nitrogens with one attached hydrogen (secondary N) is 2. The van der Waals surface area contributed by atoms with Crippen LogP contribution in [-0.2, 0) is 16.2 Å². The van der Waals surface area contributed by atoms with Crippen molar-refractivity contribution >= 4 is 58.5 Å². The van der Waals surface area contributed by atoms with Crippen LogP contribution >= 0.6 is 34.8 Å². The first-order chi connectivity index (χ1) is 15.9. The molecule has 0 aliphatic carbocycles. The Hall–Kier alpha value is -3.26. The number of halogens is 3. The van der Waals surface area contributed by atoms with Crippen LogP contribution in [0.1, 0.15) is 11.1 Å². The average Bonchev–Trinajstić information content (AvgIpc) is 2.78. The molecule has 0 aromatic heterocycles. The van der Waals surface area contributed by atoms with Crippen molar-refractivity contribution in [2.45, 2.75) is 6.61 Å². The van der Waals surface area contributed by atoms with E-state index in [1.54, 1.807) is 24.3 Å². The summed E-state index contributed by atoms with van der Waals surface area (Å²) in [5.74, 6) is -0.911. The lowest BCUT2D eigenvalue weighted by molar-refractivity contribution is -0.136. The van der Waals surface area contributed by atoms with E-state index in [2.05, 4.69) is 15.8 Å². The quantitative estimate of drug-likeness (QED) is 0.258. The Morgan fingerprint density at radius 1 is 0.939 bits per heavy atom. The van der Waals surface area contributed by atoms with Gasteiger partial charge in [-0.2, -0.15) is 5.10 Å². The number of methoxy groups -OCH3 is 1. The van der Waals surface area contributed by atoms with Crippen molar-refractivity contribution in [3.63, 3.8) is 0 Å². The summed E-state index contributed by atoms with van der Waals surface area (Å²) in [5.41, 5.74) is 3.89. The predicted molar refractivity (Wildman–Crippen MR) is 130 cm³/mol. The molecule has 7 nitrogen and oxygen atoms in total. The van der Waals surface area contributed by atoms with Crippen LogP contribution in [0.15, 0.2) is 65.8 Å². The molecule has 0 heterocycles. The number of hydrogen-bond acceptors (Lipinski definition) is 5. The summed E-state index contributed by atoms with van der Waals surface area (Å²) in [6.45, 7) is 0.270. The molecule has 0 unspecified atom stereocenters. The Bertz CT molecular complexity index is 1180. The number of hydrazone groups is 1. The highest BCUT2D eigenvalue weighted by Gasteiger charge is 2.14. The highest BCUT2D eigenvalue weighted by molar-refractivity contribution is 6.40. The summed E-state index contributed by atoms with van der Waals surface area (Å²) in [4.78, 5) is 24.0. The second-order valence-corrected chi connectivity index (χ2v) is 7.88.